The minimum Gasteiger partial charge on any atom is -0.323 e. The summed E-state index contributed by atoms with van der Waals surface area (Å²) in [6.45, 7) is 1.75. The molecule has 1 aromatic heterocycles. The Morgan fingerprint density at radius 1 is 1.33 bits per heavy atom. The number of nitrogens with zero attached hydrogens (tertiary/aromatic N) is 3. The summed E-state index contributed by atoms with van der Waals surface area (Å²) in [5.41, 5.74) is 0. The molecule has 12 heavy (non-hydrogen) atoms. The number of amides is 1. The Balaban J connectivity index is 2.09. The van der Waals surface area contributed by atoms with Crippen molar-refractivity contribution in [2.75, 3.05) is 13.1 Å². The number of likely N-dealkylation sites (tertiary alicyclic amines) is 1. The third kappa shape index (κ3) is 1.20. The lowest BCUT2D eigenvalue weighted by Gasteiger charge is -2.13. The highest BCUT2D eigenvalue weighted by Gasteiger charge is 2.18. The second-order valence-electron chi connectivity index (χ2n) is 2.93. The molecule has 1 aromatic rings. The van der Waals surface area contributed by atoms with E-state index >= 15 is 0 Å². The number of carbonyl (C=O) groups excluding carboxylic acids is 1. The molecule has 0 atom stereocenters. The summed E-state index contributed by atoms with van der Waals surface area (Å²) in [5.74, 6) is 0. The first-order valence-corrected chi connectivity index (χ1v) is 4.17. The van der Waals surface area contributed by atoms with Gasteiger partial charge in [-0.15, -0.1) is 0 Å². The summed E-state index contributed by atoms with van der Waals surface area (Å²) in [6, 6.07) is 1.76. The molecule has 1 saturated heterocycles. The number of aromatic nitrogens is 2. The Kier molecular flexibility index (Phi) is 1.81. The van der Waals surface area contributed by atoms with Gasteiger partial charge in [0.15, 0.2) is 0 Å². The van der Waals surface area contributed by atoms with Crippen LogP contribution in [0.2, 0.25) is 0 Å². The summed E-state index contributed by atoms with van der Waals surface area (Å²) in [5, 5.41) is 3.89. The number of carbonyl (C=O) groups is 1. The molecule has 1 aliphatic heterocycles. The predicted octanol–water partition coefficient (Wildman–Crippen LogP) is 0.947. The lowest BCUT2D eigenvalue weighted by Crippen LogP contribution is -2.32. The minimum absolute atomic E-state index is 0.00231. The van der Waals surface area contributed by atoms with Crippen LogP contribution in [-0.2, 0) is 0 Å². The smallest absolute Gasteiger partial charge is 0.323 e. The molecule has 1 aliphatic rings. The Bertz CT molecular complexity index is 262. The fourth-order valence-corrected chi connectivity index (χ4v) is 1.44. The molecule has 0 spiro atoms. The highest BCUT2D eigenvalue weighted by Crippen LogP contribution is 2.08. The average molecular weight is 165 g/mol. The largest absolute Gasteiger partial charge is 0.344 e. The van der Waals surface area contributed by atoms with Gasteiger partial charge in [-0.3, -0.25) is 0 Å². The van der Waals surface area contributed by atoms with Crippen molar-refractivity contribution in [3.05, 3.63) is 18.5 Å². The van der Waals surface area contributed by atoms with Crippen LogP contribution in [0.3, 0.4) is 0 Å². The van der Waals surface area contributed by atoms with Crippen LogP contribution in [0, 0.1) is 0 Å². The van der Waals surface area contributed by atoms with Gasteiger partial charge < -0.3 is 4.90 Å². The summed E-state index contributed by atoms with van der Waals surface area (Å²) in [6.07, 6.45) is 5.54. The summed E-state index contributed by atoms with van der Waals surface area (Å²) < 4.78 is 1.38. The van der Waals surface area contributed by atoms with Crippen LogP contribution in [0.5, 0.6) is 0 Å². The van der Waals surface area contributed by atoms with Crippen molar-refractivity contribution in [3.63, 3.8) is 0 Å². The number of hydrogen-bond acceptors (Lipinski definition) is 2. The van der Waals surface area contributed by atoms with Gasteiger partial charge in [0.1, 0.15) is 0 Å². The van der Waals surface area contributed by atoms with E-state index in [0.717, 1.165) is 25.9 Å². The highest BCUT2D eigenvalue weighted by molar-refractivity contribution is 5.75. The normalized spacial score (nSPS) is 16.8. The fourth-order valence-electron chi connectivity index (χ4n) is 1.44. The van der Waals surface area contributed by atoms with Gasteiger partial charge in [0.25, 0.3) is 0 Å². The molecular formula is C8H11N3O. The molecule has 64 valence electrons. The van der Waals surface area contributed by atoms with Gasteiger partial charge in [-0.05, 0) is 18.9 Å². The maximum atomic E-state index is 11.5. The standard InChI is InChI=1S/C8H11N3O/c12-8(10-5-1-2-6-10)11-7-3-4-9-11/h3-4,7H,1-2,5-6H2. The zero-order chi connectivity index (χ0) is 8.39. The second kappa shape index (κ2) is 2.97. The van der Waals surface area contributed by atoms with Crippen molar-refractivity contribution in [1.82, 2.24) is 14.7 Å². The Labute approximate surface area is 70.8 Å². The fraction of sp³-hybridized carbons (Fsp3) is 0.500. The molecule has 0 N–H and O–H groups in total. The van der Waals surface area contributed by atoms with E-state index in [0.29, 0.717) is 0 Å². The van der Waals surface area contributed by atoms with Gasteiger partial charge in [-0.2, -0.15) is 9.78 Å². The van der Waals surface area contributed by atoms with Crippen molar-refractivity contribution in [1.29, 1.82) is 0 Å². The number of hydrogen-bond donors (Lipinski definition) is 0. The maximum Gasteiger partial charge on any atom is 0.344 e. The minimum atomic E-state index is -0.00231. The van der Waals surface area contributed by atoms with Crippen LogP contribution in [0.25, 0.3) is 0 Å². The van der Waals surface area contributed by atoms with E-state index < -0.39 is 0 Å². The predicted molar refractivity (Wildman–Crippen MR) is 43.8 cm³/mol. The zero-order valence-electron chi connectivity index (χ0n) is 6.81. The van der Waals surface area contributed by atoms with E-state index in [1.807, 2.05) is 4.90 Å². The van der Waals surface area contributed by atoms with Crippen molar-refractivity contribution >= 4 is 6.03 Å². The first-order valence-electron chi connectivity index (χ1n) is 4.17. The van der Waals surface area contributed by atoms with Crippen LogP contribution >= 0.6 is 0 Å². The van der Waals surface area contributed by atoms with E-state index in [4.69, 9.17) is 0 Å². The summed E-state index contributed by atoms with van der Waals surface area (Å²) >= 11 is 0. The van der Waals surface area contributed by atoms with Gasteiger partial charge in [-0.25, -0.2) is 4.79 Å². The van der Waals surface area contributed by atoms with E-state index in [-0.39, 0.29) is 6.03 Å². The first-order chi connectivity index (χ1) is 5.88. The molecule has 4 nitrogen and oxygen atoms in total. The van der Waals surface area contributed by atoms with Crippen LogP contribution in [0.15, 0.2) is 18.5 Å². The van der Waals surface area contributed by atoms with E-state index in [1.165, 1.54) is 4.68 Å². The van der Waals surface area contributed by atoms with Crippen LogP contribution in [0.4, 0.5) is 4.79 Å². The van der Waals surface area contributed by atoms with Crippen molar-refractivity contribution < 1.29 is 4.79 Å². The molecule has 0 unspecified atom stereocenters. The third-order valence-electron chi connectivity index (χ3n) is 2.08. The van der Waals surface area contributed by atoms with Gasteiger partial charge >= 0.3 is 6.03 Å². The first kappa shape index (κ1) is 7.34. The second-order valence-corrected chi connectivity index (χ2v) is 2.93. The van der Waals surface area contributed by atoms with Crippen LogP contribution in [-0.4, -0.2) is 33.8 Å². The highest BCUT2D eigenvalue weighted by atomic mass is 16.2. The molecule has 4 heteroatoms. The molecule has 1 fully saturated rings. The van der Waals surface area contributed by atoms with Crippen LogP contribution < -0.4 is 0 Å². The van der Waals surface area contributed by atoms with Gasteiger partial charge in [0.2, 0.25) is 0 Å². The number of rotatable bonds is 0. The average Bonchev–Trinajstić information content (AvgIpc) is 2.77. The molecule has 0 bridgehead atoms. The SMILES string of the molecule is O=C(N1CCCC1)n1cccn1. The van der Waals surface area contributed by atoms with E-state index in [9.17, 15) is 4.79 Å². The summed E-state index contributed by atoms with van der Waals surface area (Å²) in [4.78, 5) is 13.4. The summed E-state index contributed by atoms with van der Waals surface area (Å²) in [7, 11) is 0. The molecule has 2 rings (SSSR count). The molecule has 2 heterocycles. The lowest BCUT2D eigenvalue weighted by atomic mass is 10.4. The van der Waals surface area contributed by atoms with E-state index in [2.05, 4.69) is 5.10 Å². The molecule has 0 saturated carbocycles. The Morgan fingerprint density at radius 3 is 2.67 bits per heavy atom. The lowest BCUT2D eigenvalue weighted by molar-refractivity contribution is 0.207. The third-order valence-corrected chi connectivity index (χ3v) is 2.08. The van der Waals surface area contributed by atoms with Gasteiger partial charge in [-0.1, -0.05) is 0 Å². The van der Waals surface area contributed by atoms with Crippen molar-refractivity contribution in [3.8, 4) is 0 Å². The van der Waals surface area contributed by atoms with Crippen molar-refractivity contribution in [2.45, 2.75) is 12.8 Å². The monoisotopic (exact) mass is 165 g/mol. The van der Waals surface area contributed by atoms with Gasteiger partial charge in [0.05, 0.1) is 0 Å². The molecule has 1 amide bonds. The molecule has 0 radical (unpaired) electrons. The topological polar surface area (TPSA) is 38.1 Å². The van der Waals surface area contributed by atoms with Crippen LogP contribution in [0.1, 0.15) is 12.8 Å². The Hall–Kier alpha value is -1.32. The molecule has 0 aromatic carbocycles. The molecule has 0 aliphatic carbocycles. The van der Waals surface area contributed by atoms with E-state index in [1.54, 1.807) is 18.5 Å². The molecular weight excluding hydrogens is 154 g/mol. The maximum absolute atomic E-state index is 11.5. The van der Waals surface area contributed by atoms with Crippen molar-refractivity contribution in [2.24, 2.45) is 0 Å². The van der Waals surface area contributed by atoms with Gasteiger partial charge in [0, 0.05) is 25.5 Å². The Morgan fingerprint density at radius 2 is 2.08 bits per heavy atom. The quantitative estimate of drug-likeness (QED) is 0.574. The zero-order valence-corrected chi connectivity index (χ0v) is 6.81.